The Morgan fingerprint density at radius 2 is 1.83 bits per heavy atom. The maximum absolute atomic E-state index is 14.2. The van der Waals surface area contributed by atoms with E-state index in [0.717, 1.165) is 55.3 Å². The highest BCUT2D eigenvalue weighted by Gasteiger charge is 2.41. The maximum atomic E-state index is 14.2. The zero-order chi connectivity index (χ0) is 31.5. The van der Waals surface area contributed by atoms with Crippen molar-refractivity contribution in [2.75, 3.05) is 25.0 Å². The average Bonchev–Trinajstić information content (AvgIpc) is 3.53. The zero-order valence-corrected chi connectivity index (χ0v) is 26.6. The number of carbonyl (C=O) groups excluding carboxylic acids is 2. The second-order valence-corrected chi connectivity index (χ2v) is 13.0. The van der Waals surface area contributed by atoms with Crippen molar-refractivity contribution in [1.29, 1.82) is 0 Å². The summed E-state index contributed by atoms with van der Waals surface area (Å²) in [6, 6.07) is 17.1. The van der Waals surface area contributed by atoms with Crippen molar-refractivity contribution in [2.24, 2.45) is 0 Å². The van der Waals surface area contributed by atoms with Gasteiger partial charge in [0.25, 0.3) is 0 Å². The number of fused-ring (bicyclic) bond motifs is 2. The van der Waals surface area contributed by atoms with E-state index < -0.39 is 12.1 Å². The monoisotopic (exact) mass is 638 g/mol. The molecule has 1 saturated heterocycles. The molecule has 4 aromatic rings. The summed E-state index contributed by atoms with van der Waals surface area (Å²) in [7, 11) is 0. The third kappa shape index (κ3) is 6.66. The van der Waals surface area contributed by atoms with Gasteiger partial charge in [-0.25, -0.2) is 9.78 Å². The minimum Gasteiger partial charge on any atom is -0.446 e. The summed E-state index contributed by atoms with van der Waals surface area (Å²) >= 11 is 6.46. The van der Waals surface area contributed by atoms with Crippen molar-refractivity contribution in [3.63, 3.8) is 0 Å². The molecule has 2 atom stereocenters. The number of rotatable bonds is 6. The molecule has 1 aliphatic heterocycles. The topological polar surface area (TPSA) is 92.6 Å². The fourth-order valence-electron chi connectivity index (χ4n) is 7.19. The van der Waals surface area contributed by atoms with Crippen molar-refractivity contribution >= 4 is 29.3 Å². The van der Waals surface area contributed by atoms with Gasteiger partial charge in [0, 0.05) is 55.5 Å². The molecule has 2 amide bonds. The SMILES string of the molecule is O=C(Nc1cccc(Cn2ccnc2)c1)C1CN([C@@H]2c3ccc(Cl)cc3CCc3cccnc32)CCN1C(=O)OC1CCCCC1. The lowest BCUT2D eigenvalue weighted by Gasteiger charge is -2.43. The van der Waals surface area contributed by atoms with Gasteiger partial charge in [0.05, 0.1) is 18.1 Å². The van der Waals surface area contributed by atoms with Crippen LogP contribution in [0.3, 0.4) is 0 Å². The smallest absolute Gasteiger partial charge is 0.410 e. The lowest BCUT2D eigenvalue weighted by molar-refractivity contribution is -0.123. The van der Waals surface area contributed by atoms with Gasteiger partial charge in [-0.15, -0.1) is 0 Å². The molecule has 10 heteroatoms. The standard InChI is InChI=1S/C36H39ClN6O3/c37-28-13-14-31-27(21-28)12-11-26-7-5-15-39-33(26)34(31)42-18-19-43(36(45)46-30-9-2-1-3-10-30)32(23-42)35(44)40-29-8-4-6-25(20-29)22-41-17-16-38-24-41/h4-8,13-17,20-21,24,30,32,34H,1-3,9-12,18-19,22-23H2,(H,40,44)/t32?,34-/m1/s1. The summed E-state index contributed by atoms with van der Waals surface area (Å²) in [4.78, 5) is 40.8. The van der Waals surface area contributed by atoms with E-state index in [2.05, 4.69) is 33.4 Å². The van der Waals surface area contributed by atoms with E-state index in [1.54, 1.807) is 17.4 Å². The number of aromatic nitrogens is 3. The Hall–Kier alpha value is -4.21. The van der Waals surface area contributed by atoms with E-state index in [1.807, 2.05) is 53.4 Å². The molecule has 0 radical (unpaired) electrons. The molecule has 1 unspecified atom stereocenters. The first-order valence-electron chi connectivity index (χ1n) is 16.3. The number of carbonyl (C=O) groups is 2. The van der Waals surface area contributed by atoms with Crippen molar-refractivity contribution in [1.82, 2.24) is 24.3 Å². The number of ether oxygens (including phenoxy) is 1. The minimum absolute atomic E-state index is 0.0996. The molecule has 2 fully saturated rings. The molecule has 9 nitrogen and oxygen atoms in total. The highest BCUT2D eigenvalue weighted by molar-refractivity contribution is 6.30. The first-order valence-corrected chi connectivity index (χ1v) is 16.7. The molecule has 1 N–H and O–H groups in total. The van der Waals surface area contributed by atoms with Crippen molar-refractivity contribution in [3.05, 3.63) is 112 Å². The normalized spacial score (nSPS) is 20.3. The van der Waals surface area contributed by atoms with Crippen LogP contribution in [0.5, 0.6) is 0 Å². The maximum Gasteiger partial charge on any atom is 0.410 e. The predicted molar refractivity (Wildman–Crippen MR) is 177 cm³/mol. The number of nitrogens with zero attached hydrogens (tertiary/aromatic N) is 5. The Morgan fingerprint density at radius 1 is 0.957 bits per heavy atom. The predicted octanol–water partition coefficient (Wildman–Crippen LogP) is 6.26. The van der Waals surface area contributed by atoms with Crippen LogP contribution in [0, 0.1) is 0 Å². The highest BCUT2D eigenvalue weighted by atomic mass is 35.5. The van der Waals surface area contributed by atoms with Crippen molar-refractivity contribution < 1.29 is 14.3 Å². The summed E-state index contributed by atoms with van der Waals surface area (Å²) < 4.78 is 8.00. The first-order chi connectivity index (χ1) is 22.5. The number of aryl methyl sites for hydroxylation is 2. The van der Waals surface area contributed by atoms with Gasteiger partial charge in [-0.1, -0.05) is 42.3 Å². The minimum atomic E-state index is -0.756. The molecule has 3 aliphatic rings. The van der Waals surface area contributed by atoms with Crippen LogP contribution in [0.2, 0.25) is 5.02 Å². The molecule has 2 aromatic carbocycles. The van der Waals surface area contributed by atoms with Gasteiger partial charge in [0.2, 0.25) is 5.91 Å². The fourth-order valence-corrected chi connectivity index (χ4v) is 7.39. The Kier molecular flexibility index (Phi) is 9.03. The molecule has 7 rings (SSSR count). The van der Waals surface area contributed by atoms with Crippen LogP contribution in [0.25, 0.3) is 0 Å². The van der Waals surface area contributed by atoms with E-state index in [-0.39, 0.29) is 18.1 Å². The summed E-state index contributed by atoms with van der Waals surface area (Å²) in [5.74, 6) is -0.240. The number of hydrogen-bond donors (Lipinski definition) is 1. The molecule has 0 spiro atoms. The van der Waals surface area contributed by atoms with Crippen LogP contribution < -0.4 is 5.32 Å². The van der Waals surface area contributed by atoms with Crippen LogP contribution in [0.4, 0.5) is 10.5 Å². The number of nitrogens with one attached hydrogen (secondary N) is 1. The van der Waals surface area contributed by atoms with Gasteiger partial charge in [-0.3, -0.25) is 19.6 Å². The molecule has 238 valence electrons. The summed E-state index contributed by atoms with van der Waals surface area (Å²) in [5, 5.41) is 3.84. The number of hydrogen-bond acceptors (Lipinski definition) is 6. The lowest BCUT2D eigenvalue weighted by Crippen LogP contribution is -2.60. The summed E-state index contributed by atoms with van der Waals surface area (Å²) in [6.45, 7) is 1.92. The number of pyridine rings is 1. The third-order valence-corrected chi connectivity index (χ3v) is 9.74. The second-order valence-electron chi connectivity index (χ2n) is 12.6. The van der Waals surface area contributed by atoms with Gasteiger partial charge in [-0.05, 0) is 91.1 Å². The molecular formula is C36H39ClN6O3. The number of piperazine rings is 1. The van der Waals surface area contributed by atoms with Crippen molar-refractivity contribution in [2.45, 2.75) is 69.7 Å². The third-order valence-electron chi connectivity index (χ3n) is 9.50. The molecule has 46 heavy (non-hydrogen) atoms. The largest absolute Gasteiger partial charge is 0.446 e. The lowest BCUT2D eigenvalue weighted by atomic mass is 9.95. The molecule has 3 heterocycles. The van der Waals surface area contributed by atoms with Gasteiger partial charge < -0.3 is 14.6 Å². The van der Waals surface area contributed by atoms with Gasteiger partial charge in [-0.2, -0.15) is 0 Å². The second kappa shape index (κ2) is 13.6. The van der Waals surface area contributed by atoms with Crippen LogP contribution in [-0.4, -0.2) is 68.1 Å². The number of imidazole rings is 1. The van der Waals surface area contributed by atoms with Gasteiger partial charge in [0.15, 0.2) is 0 Å². The Labute approximate surface area is 274 Å². The van der Waals surface area contributed by atoms with Crippen LogP contribution in [0.1, 0.15) is 66.1 Å². The number of anilines is 1. The fraction of sp³-hybridized carbons (Fsp3) is 0.389. The highest BCUT2D eigenvalue weighted by Crippen LogP contribution is 2.38. The first kappa shape index (κ1) is 30.4. The Balaban J connectivity index is 1.18. The molecule has 2 aliphatic carbocycles. The van der Waals surface area contributed by atoms with Crippen LogP contribution in [0.15, 0.2) is 79.5 Å². The van der Waals surface area contributed by atoms with Crippen LogP contribution >= 0.6 is 11.6 Å². The summed E-state index contributed by atoms with van der Waals surface area (Å²) in [6.07, 6.45) is 13.5. The van der Waals surface area contributed by atoms with Gasteiger partial charge >= 0.3 is 6.09 Å². The molecule has 1 saturated carbocycles. The molecular weight excluding hydrogens is 600 g/mol. The van der Waals surface area contributed by atoms with Gasteiger partial charge in [0.1, 0.15) is 12.1 Å². The molecule has 2 aromatic heterocycles. The van der Waals surface area contributed by atoms with E-state index in [9.17, 15) is 9.59 Å². The number of amides is 2. The summed E-state index contributed by atoms with van der Waals surface area (Å²) in [5.41, 5.74) is 6.23. The van der Waals surface area contributed by atoms with E-state index in [0.29, 0.717) is 36.9 Å². The van der Waals surface area contributed by atoms with E-state index in [4.69, 9.17) is 21.3 Å². The Morgan fingerprint density at radius 3 is 2.67 bits per heavy atom. The zero-order valence-electron chi connectivity index (χ0n) is 25.9. The van der Waals surface area contributed by atoms with E-state index in [1.165, 1.54) is 17.5 Å². The number of benzene rings is 2. The average molecular weight is 639 g/mol. The Bertz CT molecular complexity index is 1690. The van der Waals surface area contributed by atoms with E-state index >= 15 is 0 Å². The number of halogens is 1. The van der Waals surface area contributed by atoms with Crippen LogP contribution in [-0.2, 0) is 28.9 Å². The molecule has 0 bridgehead atoms. The quantitative estimate of drug-likeness (QED) is 0.268. The van der Waals surface area contributed by atoms with Crippen molar-refractivity contribution in [3.8, 4) is 0 Å².